The van der Waals surface area contributed by atoms with Gasteiger partial charge in [0, 0.05) is 32.4 Å². The first-order chi connectivity index (χ1) is 7.70. The molecule has 2 aromatic heterocycles. The quantitative estimate of drug-likeness (QED) is 0.833. The summed E-state index contributed by atoms with van der Waals surface area (Å²) in [6.07, 6.45) is 5.48. The molecule has 0 radical (unpaired) electrons. The molecule has 0 aliphatic rings. The fraction of sp³-hybridized carbons (Fsp3) is 0.455. The summed E-state index contributed by atoms with van der Waals surface area (Å²) in [5, 5.41) is 18.2. The van der Waals surface area contributed by atoms with Crippen LogP contribution in [-0.2, 0) is 20.0 Å². The van der Waals surface area contributed by atoms with E-state index in [4.69, 9.17) is 0 Å². The Labute approximate surface area is 94.3 Å². The second-order valence-electron chi connectivity index (χ2n) is 3.80. The second kappa shape index (κ2) is 4.49. The molecule has 0 aliphatic heterocycles. The molecular formula is C11H16N4O. The van der Waals surface area contributed by atoms with Crippen molar-refractivity contribution in [1.82, 2.24) is 19.6 Å². The van der Waals surface area contributed by atoms with Crippen LogP contribution in [0.4, 0.5) is 0 Å². The molecule has 86 valence electrons. The molecular weight excluding hydrogens is 204 g/mol. The van der Waals surface area contributed by atoms with E-state index in [-0.39, 0.29) is 0 Å². The molecule has 5 heteroatoms. The summed E-state index contributed by atoms with van der Waals surface area (Å²) in [6, 6.07) is 1.83. The third-order valence-corrected chi connectivity index (χ3v) is 2.64. The van der Waals surface area contributed by atoms with Crippen LogP contribution in [0.1, 0.15) is 24.3 Å². The Balaban J connectivity index is 2.07. The minimum absolute atomic E-state index is 0.526. The molecule has 0 amide bonds. The Morgan fingerprint density at radius 3 is 2.81 bits per heavy atom. The largest absolute Gasteiger partial charge is 0.386 e. The predicted molar refractivity (Wildman–Crippen MR) is 59.8 cm³/mol. The summed E-state index contributed by atoms with van der Waals surface area (Å²) in [5.41, 5.74) is 1.86. The SMILES string of the molecule is CCn1cc(CC(O)c2ccnn2C)cn1. The van der Waals surface area contributed by atoms with Crippen molar-refractivity contribution in [2.24, 2.45) is 7.05 Å². The average molecular weight is 220 g/mol. The molecule has 2 aromatic rings. The van der Waals surface area contributed by atoms with Crippen molar-refractivity contribution in [1.29, 1.82) is 0 Å². The Bertz CT molecular complexity index is 460. The number of aliphatic hydroxyl groups is 1. The van der Waals surface area contributed by atoms with E-state index in [9.17, 15) is 5.11 Å². The predicted octanol–water partition coefficient (Wildman–Crippen LogP) is 0.913. The van der Waals surface area contributed by atoms with Gasteiger partial charge >= 0.3 is 0 Å². The number of rotatable bonds is 4. The highest BCUT2D eigenvalue weighted by molar-refractivity contribution is 5.11. The second-order valence-corrected chi connectivity index (χ2v) is 3.80. The van der Waals surface area contributed by atoms with E-state index in [0.717, 1.165) is 17.8 Å². The molecule has 0 spiro atoms. The van der Waals surface area contributed by atoms with Gasteiger partial charge in [-0.2, -0.15) is 10.2 Å². The van der Waals surface area contributed by atoms with Crippen LogP contribution in [0.2, 0.25) is 0 Å². The number of aryl methyl sites for hydroxylation is 2. The van der Waals surface area contributed by atoms with Crippen molar-refractivity contribution in [2.45, 2.75) is 26.0 Å². The lowest BCUT2D eigenvalue weighted by molar-refractivity contribution is 0.168. The number of nitrogens with zero attached hydrogens (tertiary/aromatic N) is 4. The zero-order valence-electron chi connectivity index (χ0n) is 9.54. The van der Waals surface area contributed by atoms with Crippen LogP contribution in [0, 0.1) is 0 Å². The first kappa shape index (κ1) is 10.9. The first-order valence-corrected chi connectivity index (χ1v) is 5.38. The highest BCUT2D eigenvalue weighted by atomic mass is 16.3. The van der Waals surface area contributed by atoms with Crippen molar-refractivity contribution in [2.75, 3.05) is 0 Å². The Morgan fingerprint density at radius 1 is 1.44 bits per heavy atom. The van der Waals surface area contributed by atoms with Crippen LogP contribution in [0.5, 0.6) is 0 Å². The van der Waals surface area contributed by atoms with Gasteiger partial charge in [-0.05, 0) is 18.6 Å². The average Bonchev–Trinajstić information content (AvgIpc) is 2.86. The van der Waals surface area contributed by atoms with Crippen molar-refractivity contribution in [3.05, 3.63) is 35.9 Å². The minimum Gasteiger partial charge on any atom is -0.386 e. The fourth-order valence-electron chi connectivity index (χ4n) is 1.72. The van der Waals surface area contributed by atoms with Crippen molar-refractivity contribution in [3.63, 3.8) is 0 Å². The maximum absolute atomic E-state index is 10.0. The lowest BCUT2D eigenvalue weighted by Crippen LogP contribution is -2.07. The van der Waals surface area contributed by atoms with E-state index in [1.807, 2.05) is 30.9 Å². The molecule has 0 aliphatic carbocycles. The van der Waals surface area contributed by atoms with Gasteiger partial charge in [0.15, 0.2) is 0 Å². The molecule has 1 N–H and O–H groups in total. The highest BCUT2D eigenvalue weighted by Crippen LogP contribution is 2.16. The minimum atomic E-state index is -0.526. The lowest BCUT2D eigenvalue weighted by Gasteiger charge is -2.09. The molecule has 0 aromatic carbocycles. The summed E-state index contributed by atoms with van der Waals surface area (Å²) in [5.74, 6) is 0. The van der Waals surface area contributed by atoms with Crippen LogP contribution < -0.4 is 0 Å². The lowest BCUT2D eigenvalue weighted by atomic mass is 10.1. The molecule has 2 heterocycles. The first-order valence-electron chi connectivity index (χ1n) is 5.38. The van der Waals surface area contributed by atoms with Crippen LogP contribution in [0.3, 0.4) is 0 Å². The van der Waals surface area contributed by atoms with Gasteiger partial charge in [-0.15, -0.1) is 0 Å². The molecule has 16 heavy (non-hydrogen) atoms. The summed E-state index contributed by atoms with van der Waals surface area (Å²) in [7, 11) is 1.83. The van der Waals surface area contributed by atoms with Crippen molar-refractivity contribution < 1.29 is 5.11 Å². The van der Waals surface area contributed by atoms with Gasteiger partial charge in [0.25, 0.3) is 0 Å². The molecule has 0 saturated heterocycles. The van der Waals surface area contributed by atoms with Crippen LogP contribution >= 0.6 is 0 Å². The van der Waals surface area contributed by atoms with Gasteiger partial charge in [0.1, 0.15) is 0 Å². The van der Waals surface area contributed by atoms with Crippen molar-refractivity contribution in [3.8, 4) is 0 Å². The Morgan fingerprint density at radius 2 is 2.25 bits per heavy atom. The van der Waals surface area contributed by atoms with Crippen LogP contribution in [-0.4, -0.2) is 24.7 Å². The molecule has 1 atom stereocenters. The third kappa shape index (κ3) is 2.14. The van der Waals surface area contributed by atoms with E-state index < -0.39 is 6.10 Å². The highest BCUT2D eigenvalue weighted by Gasteiger charge is 2.12. The molecule has 0 fully saturated rings. The maximum atomic E-state index is 10.0. The zero-order chi connectivity index (χ0) is 11.5. The monoisotopic (exact) mass is 220 g/mol. The van der Waals surface area contributed by atoms with E-state index in [0.29, 0.717) is 6.42 Å². The standard InChI is InChI=1S/C11H16N4O/c1-3-15-8-9(7-13-15)6-11(16)10-4-5-12-14(10)2/h4-5,7-8,11,16H,3,6H2,1-2H3. The number of aromatic nitrogens is 4. The summed E-state index contributed by atoms with van der Waals surface area (Å²) >= 11 is 0. The molecule has 5 nitrogen and oxygen atoms in total. The van der Waals surface area contributed by atoms with E-state index >= 15 is 0 Å². The summed E-state index contributed by atoms with van der Waals surface area (Å²) in [4.78, 5) is 0. The van der Waals surface area contributed by atoms with Crippen LogP contribution in [0.25, 0.3) is 0 Å². The van der Waals surface area contributed by atoms with Gasteiger partial charge in [0.2, 0.25) is 0 Å². The molecule has 0 saturated carbocycles. The fourth-order valence-corrected chi connectivity index (χ4v) is 1.72. The molecule has 0 bridgehead atoms. The van der Waals surface area contributed by atoms with Gasteiger partial charge in [0.05, 0.1) is 18.0 Å². The summed E-state index contributed by atoms with van der Waals surface area (Å²) in [6.45, 7) is 2.89. The summed E-state index contributed by atoms with van der Waals surface area (Å²) < 4.78 is 3.54. The maximum Gasteiger partial charge on any atom is 0.0997 e. The van der Waals surface area contributed by atoms with E-state index in [1.54, 1.807) is 17.1 Å². The molecule has 1 unspecified atom stereocenters. The van der Waals surface area contributed by atoms with Crippen molar-refractivity contribution >= 4 is 0 Å². The van der Waals surface area contributed by atoms with Gasteiger partial charge in [-0.1, -0.05) is 0 Å². The third-order valence-electron chi connectivity index (χ3n) is 2.64. The topological polar surface area (TPSA) is 55.9 Å². The smallest absolute Gasteiger partial charge is 0.0997 e. The van der Waals surface area contributed by atoms with E-state index in [1.165, 1.54) is 0 Å². The number of hydrogen-bond donors (Lipinski definition) is 1. The zero-order valence-corrected chi connectivity index (χ0v) is 9.54. The number of hydrogen-bond acceptors (Lipinski definition) is 3. The van der Waals surface area contributed by atoms with E-state index in [2.05, 4.69) is 10.2 Å². The molecule has 2 rings (SSSR count). The Kier molecular flexibility index (Phi) is 3.05. The Hall–Kier alpha value is -1.62. The van der Waals surface area contributed by atoms with Crippen LogP contribution in [0.15, 0.2) is 24.7 Å². The van der Waals surface area contributed by atoms with Gasteiger partial charge in [-0.3, -0.25) is 9.36 Å². The number of aliphatic hydroxyl groups excluding tert-OH is 1. The van der Waals surface area contributed by atoms with Gasteiger partial charge in [-0.25, -0.2) is 0 Å². The van der Waals surface area contributed by atoms with Gasteiger partial charge < -0.3 is 5.11 Å². The normalized spacial score (nSPS) is 12.9.